The topological polar surface area (TPSA) is 30.9 Å². The molecule has 0 spiro atoms. The van der Waals surface area contributed by atoms with Crippen LogP contribution in [0.1, 0.15) is 30.5 Å². The van der Waals surface area contributed by atoms with E-state index in [4.69, 9.17) is 5.73 Å². The zero-order valence-corrected chi connectivity index (χ0v) is 11.8. The summed E-state index contributed by atoms with van der Waals surface area (Å²) in [6, 6.07) is 7.19. The molecule has 2 aromatic rings. The van der Waals surface area contributed by atoms with Crippen LogP contribution in [-0.2, 0) is 6.54 Å². The highest BCUT2D eigenvalue weighted by Crippen LogP contribution is 2.19. The summed E-state index contributed by atoms with van der Waals surface area (Å²) in [6.45, 7) is 2.79. The van der Waals surface area contributed by atoms with Crippen LogP contribution >= 0.6 is 15.9 Å². The molecule has 1 heterocycles. The smallest absolute Gasteiger partial charge is 0.137 e. The van der Waals surface area contributed by atoms with Gasteiger partial charge in [0.25, 0.3) is 0 Å². The Hall–Kier alpha value is -1.13. The van der Waals surface area contributed by atoms with E-state index in [-0.39, 0.29) is 11.9 Å². The van der Waals surface area contributed by atoms with E-state index in [9.17, 15) is 4.39 Å². The lowest BCUT2D eigenvalue weighted by Gasteiger charge is -2.06. The number of aromatic nitrogens is 1. The average molecular weight is 311 g/mol. The normalized spacial score (nSPS) is 12.7. The van der Waals surface area contributed by atoms with E-state index in [1.54, 1.807) is 12.1 Å². The monoisotopic (exact) mass is 310 g/mol. The molecule has 0 aliphatic carbocycles. The summed E-state index contributed by atoms with van der Waals surface area (Å²) in [5.74, 6) is -0.236. The summed E-state index contributed by atoms with van der Waals surface area (Å²) in [6.07, 6.45) is 4.97. The number of hydrogen-bond acceptors (Lipinski definition) is 1. The zero-order valence-electron chi connectivity index (χ0n) is 10.2. The lowest BCUT2D eigenvalue weighted by atomic mass is 10.1. The van der Waals surface area contributed by atoms with E-state index in [1.165, 1.54) is 6.07 Å². The summed E-state index contributed by atoms with van der Waals surface area (Å²) >= 11 is 3.19. The lowest BCUT2D eigenvalue weighted by molar-refractivity contribution is 0.619. The molecule has 0 bridgehead atoms. The van der Waals surface area contributed by atoms with E-state index in [2.05, 4.69) is 27.4 Å². The Balaban J connectivity index is 2.13. The first kappa shape index (κ1) is 13.3. The number of nitrogens with two attached hydrogens (primary N) is 1. The third-order valence-electron chi connectivity index (χ3n) is 2.99. The van der Waals surface area contributed by atoms with Gasteiger partial charge in [0, 0.05) is 25.0 Å². The third-order valence-corrected chi connectivity index (χ3v) is 3.60. The molecular formula is C14H16BrFN2. The van der Waals surface area contributed by atoms with Gasteiger partial charge in [0.1, 0.15) is 5.82 Å². The van der Waals surface area contributed by atoms with E-state index < -0.39 is 0 Å². The second kappa shape index (κ2) is 5.67. The van der Waals surface area contributed by atoms with Gasteiger partial charge in [-0.3, -0.25) is 0 Å². The van der Waals surface area contributed by atoms with Crippen molar-refractivity contribution in [3.8, 4) is 0 Å². The number of benzene rings is 1. The molecule has 96 valence electrons. The summed E-state index contributed by atoms with van der Waals surface area (Å²) in [7, 11) is 0. The van der Waals surface area contributed by atoms with Gasteiger partial charge in [-0.15, -0.1) is 0 Å². The average Bonchev–Trinajstić information content (AvgIpc) is 2.81. The van der Waals surface area contributed by atoms with Crippen molar-refractivity contribution in [2.75, 3.05) is 0 Å². The summed E-state index contributed by atoms with van der Waals surface area (Å²) in [5.41, 5.74) is 8.16. The van der Waals surface area contributed by atoms with Gasteiger partial charge in [0.2, 0.25) is 0 Å². The van der Waals surface area contributed by atoms with Crippen molar-refractivity contribution >= 4 is 15.9 Å². The summed E-state index contributed by atoms with van der Waals surface area (Å²) in [5, 5.41) is 0. The predicted octanol–water partition coefficient (Wildman–Crippen LogP) is 3.85. The van der Waals surface area contributed by atoms with Crippen molar-refractivity contribution in [2.45, 2.75) is 25.9 Å². The SMILES string of the molecule is CCC(N)c1ccn(Cc2ccc(F)c(Br)c2)c1. The fourth-order valence-electron chi connectivity index (χ4n) is 1.86. The number of halogens is 2. The van der Waals surface area contributed by atoms with Gasteiger partial charge in [-0.05, 0) is 51.7 Å². The van der Waals surface area contributed by atoms with Crippen LogP contribution in [0.15, 0.2) is 41.1 Å². The first-order chi connectivity index (χ1) is 8.60. The van der Waals surface area contributed by atoms with Gasteiger partial charge in [-0.1, -0.05) is 13.0 Å². The minimum atomic E-state index is -0.236. The van der Waals surface area contributed by atoms with Gasteiger partial charge in [0.05, 0.1) is 4.47 Å². The molecule has 4 heteroatoms. The Morgan fingerprint density at radius 3 is 2.83 bits per heavy atom. The Bertz CT molecular complexity index is 536. The van der Waals surface area contributed by atoms with Crippen molar-refractivity contribution in [3.63, 3.8) is 0 Å². The predicted molar refractivity (Wildman–Crippen MR) is 74.9 cm³/mol. The molecule has 18 heavy (non-hydrogen) atoms. The van der Waals surface area contributed by atoms with Crippen LogP contribution in [0.3, 0.4) is 0 Å². The molecule has 2 N–H and O–H groups in total. The molecule has 1 aromatic heterocycles. The molecule has 2 rings (SSSR count). The first-order valence-electron chi connectivity index (χ1n) is 5.95. The molecule has 0 amide bonds. The fourth-order valence-corrected chi connectivity index (χ4v) is 2.29. The molecular weight excluding hydrogens is 295 g/mol. The first-order valence-corrected chi connectivity index (χ1v) is 6.74. The second-order valence-corrected chi connectivity index (χ2v) is 5.23. The molecule has 0 aliphatic heterocycles. The molecule has 1 aromatic carbocycles. The largest absolute Gasteiger partial charge is 0.350 e. The second-order valence-electron chi connectivity index (χ2n) is 4.38. The Morgan fingerprint density at radius 1 is 1.39 bits per heavy atom. The van der Waals surface area contributed by atoms with Crippen LogP contribution < -0.4 is 5.73 Å². The van der Waals surface area contributed by atoms with Crippen molar-refractivity contribution in [2.24, 2.45) is 5.73 Å². The standard InChI is InChI=1S/C14H16BrFN2/c1-2-14(17)11-5-6-18(9-11)8-10-3-4-13(16)12(15)7-10/h3-7,9,14H,2,8,17H2,1H3. The summed E-state index contributed by atoms with van der Waals surface area (Å²) in [4.78, 5) is 0. The van der Waals surface area contributed by atoms with Crippen LogP contribution in [0.2, 0.25) is 0 Å². The van der Waals surface area contributed by atoms with Crippen molar-refractivity contribution in [1.82, 2.24) is 4.57 Å². The fraction of sp³-hybridized carbons (Fsp3) is 0.286. The van der Waals surface area contributed by atoms with E-state index in [1.807, 2.05) is 18.5 Å². The molecule has 1 unspecified atom stereocenters. The molecule has 0 aliphatic rings. The van der Waals surface area contributed by atoms with Gasteiger partial charge < -0.3 is 10.3 Å². The highest BCUT2D eigenvalue weighted by Gasteiger charge is 2.06. The van der Waals surface area contributed by atoms with Crippen LogP contribution in [-0.4, -0.2) is 4.57 Å². The summed E-state index contributed by atoms with van der Waals surface area (Å²) < 4.78 is 15.7. The quantitative estimate of drug-likeness (QED) is 0.913. The third kappa shape index (κ3) is 3.00. The lowest BCUT2D eigenvalue weighted by Crippen LogP contribution is -2.07. The maximum absolute atomic E-state index is 13.1. The maximum Gasteiger partial charge on any atom is 0.137 e. The Kier molecular flexibility index (Phi) is 4.19. The van der Waals surface area contributed by atoms with Crippen LogP contribution in [0.25, 0.3) is 0 Å². The highest BCUT2D eigenvalue weighted by atomic mass is 79.9. The van der Waals surface area contributed by atoms with Crippen molar-refractivity contribution in [1.29, 1.82) is 0 Å². The number of nitrogens with zero attached hydrogens (tertiary/aromatic N) is 1. The number of rotatable bonds is 4. The van der Waals surface area contributed by atoms with Crippen molar-refractivity contribution < 1.29 is 4.39 Å². The maximum atomic E-state index is 13.1. The molecule has 0 saturated heterocycles. The zero-order chi connectivity index (χ0) is 13.1. The van der Waals surface area contributed by atoms with Gasteiger partial charge >= 0.3 is 0 Å². The van der Waals surface area contributed by atoms with Crippen LogP contribution in [0, 0.1) is 5.82 Å². The highest BCUT2D eigenvalue weighted by molar-refractivity contribution is 9.10. The van der Waals surface area contributed by atoms with Crippen LogP contribution in [0.5, 0.6) is 0 Å². The minimum Gasteiger partial charge on any atom is -0.350 e. The van der Waals surface area contributed by atoms with Crippen molar-refractivity contribution in [3.05, 3.63) is 58.1 Å². The van der Waals surface area contributed by atoms with Crippen LogP contribution in [0.4, 0.5) is 4.39 Å². The van der Waals surface area contributed by atoms with E-state index in [0.717, 1.165) is 24.1 Å². The Morgan fingerprint density at radius 2 is 2.17 bits per heavy atom. The van der Waals surface area contributed by atoms with Gasteiger partial charge in [0.15, 0.2) is 0 Å². The van der Waals surface area contributed by atoms with E-state index >= 15 is 0 Å². The number of hydrogen-bond donors (Lipinski definition) is 1. The van der Waals surface area contributed by atoms with Gasteiger partial charge in [-0.25, -0.2) is 4.39 Å². The molecule has 0 radical (unpaired) electrons. The molecule has 0 saturated carbocycles. The van der Waals surface area contributed by atoms with Gasteiger partial charge in [-0.2, -0.15) is 0 Å². The minimum absolute atomic E-state index is 0.0891. The Labute approximate surface area is 115 Å². The van der Waals surface area contributed by atoms with E-state index in [0.29, 0.717) is 4.47 Å². The molecule has 2 nitrogen and oxygen atoms in total. The molecule has 0 fully saturated rings. The molecule has 1 atom stereocenters.